The van der Waals surface area contributed by atoms with Gasteiger partial charge in [-0.15, -0.1) is 0 Å². The van der Waals surface area contributed by atoms with Crippen molar-refractivity contribution in [2.45, 2.75) is 12.5 Å². The van der Waals surface area contributed by atoms with E-state index in [1.807, 2.05) is 0 Å². The standard InChI is InChI=1S/C11H9F2NO5/c12-8-3-7(10(14(16)17)4-9(8)13)11(15)19-6-1-2-18-5-6/h3-4,6H,1-2,5H2. The molecule has 0 spiro atoms. The van der Waals surface area contributed by atoms with E-state index in [2.05, 4.69) is 0 Å². The summed E-state index contributed by atoms with van der Waals surface area (Å²) < 4.78 is 35.9. The molecule has 0 aliphatic carbocycles. The number of carbonyl (C=O) groups excluding carboxylic acids is 1. The van der Waals surface area contributed by atoms with Crippen molar-refractivity contribution in [3.63, 3.8) is 0 Å². The Labute approximate surface area is 106 Å². The highest BCUT2D eigenvalue weighted by atomic mass is 19.2. The summed E-state index contributed by atoms with van der Waals surface area (Å²) in [6.07, 6.45) is -0.0661. The number of halogens is 2. The zero-order chi connectivity index (χ0) is 14.0. The summed E-state index contributed by atoms with van der Waals surface area (Å²) in [5, 5.41) is 10.7. The molecular weight excluding hydrogens is 264 g/mol. The molecule has 1 atom stereocenters. The van der Waals surface area contributed by atoms with Crippen molar-refractivity contribution in [2.24, 2.45) is 0 Å². The molecule has 8 heteroatoms. The fourth-order valence-corrected chi connectivity index (χ4v) is 1.67. The zero-order valence-corrected chi connectivity index (χ0v) is 9.60. The zero-order valence-electron chi connectivity index (χ0n) is 9.60. The molecule has 2 rings (SSSR count). The Morgan fingerprint density at radius 2 is 2.11 bits per heavy atom. The third-order valence-corrected chi connectivity index (χ3v) is 2.62. The van der Waals surface area contributed by atoms with Gasteiger partial charge in [-0.1, -0.05) is 0 Å². The minimum atomic E-state index is -1.40. The van der Waals surface area contributed by atoms with Crippen molar-refractivity contribution in [1.29, 1.82) is 0 Å². The van der Waals surface area contributed by atoms with Gasteiger partial charge in [-0.3, -0.25) is 10.1 Å². The number of ether oxygens (including phenoxy) is 2. The van der Waals surface area contributed by atoms with E-state index in [9.17, 15) is 23.7 Å². The SMILES string of the molecule is O=C(OC1CCOC1)c1cc(F)c(F)cc1[N+](=O)[O-]. The van der Waals surface area contributed by atoms with Crippen molar-refractivity contribution in [1.82, 2.24) is 0 Å². The van der Waals surface area contributed by atoms with Crippen LogP contribution in [0.25, 0.3) is 0 Å². The quantitative estimate of drug-likeness (QED) is 0.477. The monoisotopic (exact) mass is 273 g/mol. The Kier molecular flexibility index (Phi) is 3.70. The first-order valence-electron chi connectivity index (χ1n) is 5.41. The summed E-state index contributed by atoms with van der Waals surface area (Å²) in [6.45, 7) is 0.598. The van der Waals surface area contributed by atoms with Gasteiger partial charge in [0.1, 0.15) is 11.7 Å². The molecule has 0 N–H and O–H groups in total. The minimum absolute atomic E-state index is 0.184. The van der Waals surface area contributed by atoms with Gasteiger partial charge in [-0.25, -0.2) is 13.6 Å². The molecule has 1 aliphatic rings. The molecule has 19 heavy (non-hydrogen) atoms. The van der Waals surface area contributed by atoms with E-state index in [1.54, 1.807) is 0 Å². The van der Waals surface area contributed by atoms with E-state index >= 15 is 0 Å². The van der Waals surface area contributed by atoms with Crippen LogP contribution in [0, 0.1) is 21.7 Å². The van der Waals surface area contributed by atoms with Crippen LogP contribution >= 0.6 is 0 Å². The van der Waals surface area contributed by atoms with E-state index in [0.717, 1.165) is 0 Å². The van der Waals surface area contributed by atoms with Crippen molar-refractivity contribution in [3.05, 3.63) is 39.4 Å². The number of nitro benzene ring substituents is 1. The smallest absolute Gasteiger partial charge is 0.345 e. The number of hydrogen-bond donors (Lipinski definition) is 0. The highest BCUT2D eigenvalue weighted by Gasteiger charge is 2.28. The average molecular weight is 273 g/mol. The minimum Gasteiger partial charge on any atom is -0.456 e. The molecule has 6 nitrogen and oxygen atoms in total. The van der Waals surface area contributed by atoms with Gasteiger partial charge in [0, 0.05) is 6.42 Å². The highest BCUT2D eigenvalue weighted by molar-refractivity contribution is 5.94. The van der Waals surface area contributed by atoms with Gasteiger partial charge in [0.15, 0.2) is 11.6 Å². The van der Waals surface area contributed by atoms with Crippen LogP contribution in [0.3, 0.4) is 0 Å². The summed E-state index contributed by atoms with van der Waals surface area (Å²) in [5.74, 6) is -3.81. The van der Waals surface area contributed by atoms with Crippen molar-refractivity contribution in [3.8, 4) is 0 Å². The maximum absolute atomic E-state index is 13.1. The number of nitro groups is 1. The van der Waals surface area contributed by atoms with Crippen molar-refractivity contribution >= 4 is 11.7 Å². The summed E-state index contributed by atoms with van der Waals surface area (Å²) in [4.78, 5) is 21.5. The lowest BCUT2D eigenvalue weighted by Crippen LogP contribution is -2.19. The van der Waals surface area contributed by atoms with Crippen LogP contribution in [0.15, 0.2) is 12.1 Å². The molecule has 1 saturated heterocycles. The number of hydrogen-bond acceptors (Lipinski definition) is 5. The summed E-state index contributed by atoms with van der Waals surface area (Å²) in [5.41, 5.74) is -1.45. The topological polar surface area (TPSA) is 78.7 Å². The molecule has 0 aromatic heterocycles. The van der Waals surface area contributed by atoms with E-state index in [4.69, 9.17) is 9.47 Å². The number of nitrogens with zero attached hydrogens (tertiary/aromatic N) is 1. The van der Waals surface area contributed by atoms with Crippen LogP contribution < -0.4 is 0 Å². The van der Waals surface area contributed by atoms with Gasteiger partial charge in [0.05, 0.1) is 24.2 Å². The van der Waals surface area contributed by atoms with Crippen LogP contribution in [0.2, 0.25) is 0 Å². The Balaban J connectivity index is 2.28. The van der Waals surface area contributed by atoms with Crippen LogP contribution in [0.1, 0.15) is 16.8 Å². The lowest BCUT2D eigenvalue weighted by molar-refractivity contribution is -0.385. The second kappa shape index (κ2) is 5.27. The van der Waals surface area contributed by atoms with Gasteiger partial charge in [-0.2, -0.15) is 0 Å². The molecule has 1 unspecified atom stereocenters. The number of esters is 1. The van der Waals surface area contributed by atoms with E-state index in [1.165, 1.54) is 0 Å². The van der Waals surface area contributed by atoms with Crippen molar-refractivity contribution in [2.75, 3.05) is 13.2 Å². The lowest BCUT2D eigenvalue weighted by Gasteiger charge is -2.10. The second-order valence-electron chi connectivity index (χ2n) is 3.93. The summed E-state index contributed by atoms with van der Waals surface area (Å²) in [6, 6.07) is 0.822. The lowest BCUT2D eigenvalue weighted by atomic mass is 10.1. The normalized spacial score (nSPS) is 18.3. The summed E-state index contributed by atoms with van der Waals surface area (Å²) in [7, 11) is 0. The molecule has 102 valence electrons. The van der Waals surface area contributed by atoms with Gasteiger partial charge in [-0.05, 0) is 6.07 Å². The maximum atomic E-state index is 13.1. The molecule has 1 aliphatic heterocycles. The molecule has 0 saturated carbocycles. The fourth-order valence-electron chi connectivity index (χ4n) is 1.67. The van der Waals surface area contributed by atoms with Gasteiger partial charge in [0.25, 0.3) is 5.69 Å². The third kappa shape index (κ3) is 2.84. The summed E-state index contributed by atoms with van der Waals surface area (Å²) >= 11 is 0. The number of benzene rings is 1. The number of rotatable bonds is 3. The second-order valence-corrected chi connectivity index (χ2v) is 3.93. The van der Waals surface area contributed by atoms with E-state index in [0.29, 0.717) is 25.2 Å². The Hall–Kier alpha value is -2.09. The average Bonchev–Trinajstić information content (AvgIpc) is 2.84. The van der Waals surface area contributed by atoms with Crippen molar-refractivity contribution < 1.29 is 28.0 Å². The van der Waals surface area contributed by atoms with Crippen LogP contribution in [0.5, 0.6) is 0 Å². The predicted molar refractivity (Wildman–Crippen MR) is 57.7 cm³/mol. The van der Waals surface area contributed by atoms with Crippen LogP contribution in [-0.4, -0.2) is 30.2 Å². The Morgan fingerprint density at radius 3 is 2.68 bits per heavy atom. The first-order chi connectivity index (χ1) is 8.99. The Morgan fingerprint density at radius 1 is 1.42 bits per heavy atom. The molecule has 1 aromatic carbocycles. The van der Waals surface area contributed by atoms with Crippen LogP contribution in [0.4, 0.5) is 14.5 Å². The first-order valence-corrected chi connectivity index (χ1v) is 5.41. The third-order valence-electron chi connectivity index (χ3n) is 2.62. The fraction of sp³-hybridized carbons (Fsp3) is 0.364. The molecule has 0 bridgehead atoms. The molecule has 1 fully saturated rings. The molecule has 0 amide bonds. The van der Waals surface area contributed by atoms with E-state index < -0.39 is 39.9 Å². The number of carbonyl (C=O) groups is 1. The van der Waals surface area contributed by atoms with Crippen LogP contribution in [-0.2, 0) is 9.47 Å². The van der Waals surface area contributed by atoms with E-state index in [-0.39, 0.29) is 6.61 Å². The maximum Gasteiger partial charge on any atom is 0.345 e. The molecule has 1 heterocycles. The van der Waals surface area contributed by atoms with Gasteiger partial charge < -0.3 is 9.47 Å². The molecule has 1 aromatic rings. The molecular formula is C11H9F2NO5. The largest absolute Gasteiger partial charge is 0.456 e. The van der Waals surface area contributed by atoms with Gasteiger partial charge in [0.2, 0.25) is 0 Å². The van der Waals surface area contributed by atoms with Gasteiger partial charge >= 0.3 is 5.97 Å². The predicted octanol–water partition coefficient (Wildman–Crippen LogP) is 1.82. The first kappa shape index (κ1) is 13.3. The molecule has 0 radical (unpaired) electrons. The Bertz CT molecular complexity index is 528. The highest BCUT2D eigenvalue weighted by Crippen LogP contribution is 2.24.